The molecule has 8 nitrogen and oxygen atoms in total. The largest absolute Gasteiger partial charge is 0.490 e. The summed E-state index contributed by atoms with van der Waals surface area (Å²) in [6, 6.07) is 11.5. The zero-order valence-corrected chi connectivity index (χ0v) is 16.9. The third-order valence-corrected chi connectivity index (χ3v) is 6.59. The van der Waals surface area contributed by atoms with Gasteiger partial charge in [0.25, 0.3) is 5.91 Å². The van der Waals surface area contributed by atoms with Crippen molar-refractivity contribution in [1.82, 2.24) is 4.98 Å². The van der Waals surface area contributed by atoms with Gasteiger partial charge in [-0.2, -0.15) is 0 Å². The molecule has 0 radical (unpaired) electrons. The van der Waals surface area contributed by atoms with Gasteiger partial charge in [0.15, 0.2) is 6.39 Å². The number of ether oxygens (including phenoxy) is 1. The van der Waals surface area contributed by atoms with E-state index in [1.807, 2.05) is 0 Å². The molecule has 3 N–H and O–H groups in total. The van der Waals surface area contributed by atoms with Gasteiger partial charge < -0.3 is 14.5 Å². The highest BCUT2D eigenvalue weighted by molar-refractivity contribution is 8.25. The number of nitrogens with zero attached hydrogens (tertiary/aromatic N) is 2. The van der Waals surface area contributed by atoms with Crippen LogP contribution >= 0.6 is 22.4 Å². The molecule has 1 aromatic heterocycles. The van der Waals surface area contributed by atoms with Crippen molar-refractivity contribution in [2.45, 2.75) is 11.8 Å². The highest BCUT2D eigenvalue weighted by Crippen LogP contribution is 2.58. The van der Waals surface area contributed by atoms with Gasteiger partial charge >= 0.3 is 0 Å². The third-order valence-electron chi connectivity index (χ3n) is 4.42. The number of hydrogen-bond acceptors (Lipinski definition) is 7. The Morgan fingerprint density at radius 1 is 1.24 bits per heavy atom. The minimum absolute atomic E-state index is 0.0885. The lowest BCUT2D eigenvalue weighted by Gasteiger charge is -2.42. The predicted octanol–water partition coefficient (Wildman–Crippen LogP) is 4.81. The summed E-state index contributed by atoms with van der Waals surface area (Å²) in [5, 5.41) is 3.23. The molecule has 1 amide bonds. The Kier molecular flexibility index (Phi) is 5.13. The normalized spacial score (nSPS) is 16.3. The first kappa shape index (κ1) is 19.6. The fraction of sp³-hybridized carbons (Fsp3) is 0.158. The lowest BCUT2D eigenvalue weighted by Crippen LogP contribution is -2.29. The smallest absolute Gasteiger partial charge is 0.293 e. The summed E-state index contributed by atoms with van der Waals surface area (Å²) >= 11 is 5.94. The molecule has 152 valence electrons. The Morgan fingerprint density at radius 2 is 2.00 bits per heavy atom. The number of hydrogen-bond donors (Lipinski definition) is 3. The van der Waals surface area contributed by atoms with Gasteiger partial charge in [0.1, 0.15) is 17.3 Å². The Morgan fingerprint density at radius 3 is 2.69 bits per heavy atom. The first-order valence-electron chi connectivity index (χ1n) is 8.66. The topological polar surface area (TPSA) is 108 Å². The molecule has 0 unspecified atom stereocenters. The van der Waals surface area contributed by atoms with E-state index in [9.17, 15) is 13.9 Å². The third kappa shape index (κ3) is 3.77. The number of aryl methyl sites for hydroxylation is 1. The summed E-state index contributed by atoms with van der Waals surface area (Å²) in [6.45, 7) is 2.18. The molecule has 0 saturated carbocycles. The minimum atomic E-state index is -3.43. The summed E-state index contributed by atoms with van der Waals surface area (Å²) in [4.78, 5) is 16.5. The van der Waals surface area contributed by atoms with Crippen molar-refractivity contribution in [2.75, 3.05) is 22.8 Å². The van der Waals surface area contributed by atoms with Gasteiger partial charge in [0.05, 0.1) is 17.9 Å². The van der Waals surface area contributed by atoms with E-state index in [1.165, 1.54) is 16.8 Å². The maximum absolute atomic E-state index is 12.4. The van der Waals surface area contributed by atoms with Gasteiger partial charge in [-0.05, 0) is 49.4 Å². The molecule has 0 bridgehead atoms. The number of carbonyl (C=O) groups excluding carboxylic acids is 1. The minimum Gasteiger partial charge on any atom is -0.490 e. The van der Waals surface area contributed by atoms with Crippen molar-refractivity contribution in [1.29, 1.82) is 0 Å². The standard InChI is InChI=1S/C19H18ClN3O5S/c1-12-18(28-11-21-12)19(24)22-14-4-7-16-17(10-14)29(25,26)23(8-9-27-16)15-5-2-13(20)3-6-15/h2-7,10-11,25-26H,8-9H2,1H3,(H,22,24). The van der Waals surface area contributed by atoms with E-state index in [4.69, 9.17) is 20.8 Å². The monoisotopic (exact) mass is 435 g/mol. The number of anilines is 2. The molecule has 0 saturated heterocycles. The number of oxazole rings is 1. The van der Waals surface area contributed by atoms with Gasteiger partial charge in [-0.25, -0.2) is 4.98 Å². The SMILES string of the molecule is Cc1ncoc1C(=O)Nc1ccc2c(c1)S(O)(O)N(c1ccc(Cl)cc1)CCO2. The number of fused-ring (bicyclic) bond motifs is 1. The molecule has 2 heterocycles. The van der Waals surface area contributed by atoms with Crippen LogP contribution in [0.3, 0.4) is 0 Å². The maximum atomic E-state index is 12.4. The molecule has 1 aliphatic rings. The quantitative estimate of drug-likeness (QED) is 0.541. The average Bonchev–Trinajstić information content (AvgIpc) is 3.07. The van der Waals surface area contributed by atoms with Crippen molar-refractivity contribution in [3.05, 3.63) is 65.3 Å². The van der Waals surface area contributed by atoms with Crippen LogP contribution < -0.4 is 14.4 Å². The number of halogens is 1. The summed E-state index contributed by atoms with van der Waals surface area (Å²) in [7, 11) is -3.43. The summed E-state index contributed by atoms with van der Waals surface area (Å²) < 4.78 is 34.4. The van der Waals surface area contributed by atoms with Crippen molar-refractivity contribution >= 4 is 39.7 Å². The number of carbonyl (C=O) groups is 1. The molecular formula is C19H18ClN3O5S. The highest BCUT2D eigenvalue weighted by Gasteiger charge is 2.32. The van der Waals surface area contributed by atoms with Gasteiger partial charge in [0, 0.05) is 10.7 Å². The van der Waals surface area contributed by atoms with Crippen molar-refractivity contribution in [2.24, 2.45) is 0 Å². The van der Waals surface area contributed by atoms with Crippen LogP contribution in [0, 0.1) is 6.92 Å². The molecule has 10 heteroatoms. The average molecular weight is 436 g/mol. The van der Waals surface area contributed by atoms with Crippen LogP contribution in [-0.4, -0.2) is 33.1 Å². The van der Waals surface area contributed by atoms with E-state index in [1.54, 1.807) is 43.3 Å². The molecule has 1 aliphatic heterocycles. The molecule has 0 fully saturated rings. The van der Waals surface area contributed by atoms with Crippen LogP contribution in [0.25, 0.3) is 0 Å². The first-order chi connectivity index (χ1) is 13.9. The summed E-state index contributed by atoms with van der Waals surface area (Å²) in [5.41, 5.74) is 1.42. The van der Waals surface area contributed by atoms with E-state index in [2.05, 4.69) is 10.3 Å². The van der Waals surface area contributed by atoms with Crippen LogP contribution in [0.1, 0.15) is 16.2 Å². The lowest BCUT2D eigenvalue weighted by atomic mass is 10.2. The maximum Gasteiger partial charge on any atom is 0.293 e. The van der Waals surface area contributed by atoms with E-state index < -0.39 is 16.7 Å². The molecule has 4 rings (SSSR count). The summed E-state index contributed by atoms with van der Waals surface area (Å²) in [5.74, 6) is -0.0542. The number of rotatable bonds is 3. The van der Waals surface area contributed by atoms with Crippen LogP contribution in [0.5, 0.6) is 5.75 Å². The Hall–Kier alpha value is -2.72. The Bertz CT molecular complexity index is 1050. The molecule has 0 aliphatic carbocycles. The number of amides is 1. The number of aromatic nitrogens is 1. The van der Waals surface area contributed by atoms with Gasteiger partial charge in [-0.15, -0.1) is 0 Å². The lowest BCUT2D eigenvalue weighted by molar-refractivity contribution is 0.0996. The second-order valence-corrected chi connectivity index (χ2v) is 8.68. The van der Waals surface area contributed by atoms with Crippen LogP contribution in [0.15, 0.2) is 58.2 Å². The number of benzene rings is 2. The number of nitrogens with one attached hydrogen (secondary N) is 1. The predicted molar refractivity (Wildman–Crippen MR) is 111 cm³/mol. The van der Waals surface area contributed by atoms with Gasteiger partial charge in [-0.3, -0.25) is 18.2 Å². The Labute approximate surface area is 173 Å². The van der Waals surface area contributed by atoms with Crippen LogP contribution in [-0.2, 0) is 0 Å². The van der Waals surface area contributed by atoms with E-state index in [0.717, 1.165) is 0 Å². The molecule has 0 atom stereocenters. The molecule has 3 aromatic rings. The van der Waals surface area contributed by atoms with E-state index in [0.29, 0.717) is 27.8 Å². The van der Waals surface area contributed by atoms with Crippen molar-refractivity contribution in [3.8, 4) is 5.75 Å². The zero-order chi connectivity index (χ0) is 20.6. The van der Waals surface area contributed by atoms with Crippen LogP contribution in [0.4, 0.5) is 11.4 Å². The molecule has 29 heavy (non-hydrogen) atoms. The van der Waals surface area contributed by atoms with Crippen molar-refractivity contribution < 1.29 is 23.1 Å². The molecular weight excluding hydrogens is 418 g/mol. The van der Waals surface area contributed by atoms with E-state index >= 15 is 0 Å². The van der Waals surface area contributed by atoms with Gasteiger partial charge in [0.2, 0.25) is 5.76 Å². The second kappa shape index (κ2) is 7.60. The Balaban J connectivity index is 1.68. The first-order valence-corrected chi connectivity index (χ1v) is 10.5. The molecule has 2 aromatic carbocycles. The fourth-order valence-corrected chi connectivity index (χ4v) is 4.78. The second-order valence-electron chi connectivity index (χ2n) is 6.33. The summed E-state index contributed by atoms with van der Waals surface area (Å²) in [6.07, 6.45) is 1.19. The zero-order valence-electron chi connectivity index (χ0n) is 15.3. The fourth-order valence-electron chi connectivity index (χ4n) is 2.99. The van der Waals surface area contributed by atoms with Gasteiger partial charge in [-0.1, -0.05) is 22.4 Å². The van der Waals surface area contributed by atoms with Crippen molar-refractivity contribution in [3.63, 3.8) is 0 Å². The highest BCUT2D eigenvalue weighted by atomic mass is 35.5. The van der Waals surface area contributed by atoms with E-state index in [-0.39, 0.29) is 23.8 Å². The van der Waals surface area contributed by atoms with Crippen LogP contribution in [0.2, 0.25) is 5.02 Å². The molecule has 0 spiro atoms.